The molecule has 3 rings (SSSR count). The number of hydrogen-bond donors (Lipinski definition) is 3. The minimum atomic E-state index is -3.28. The number of carbonyl (C=O) groups is 2. The molecule has 1 fully saturated rings. The number of rotatable bonds is 0. The second kappa shape index (κ2) is 3.22. The van der Waals surface area contributed by atoms with Gasteiger partial charge in [-0.25, -0.2) is 4.79 Å². The Bertz CT molecular complexity index is 563. The van der Waals surface area contributed by atoms with E-state index < -0.39 is 35.6 Å². The summed E-state index contributed by atoms with van der Waals surface area (Å²) in [5.74, 6) is -0.685. The largest absolute Gasteiger partial charge is 0.331 e. The molecule has 0 aliphatic carbocycles. The van der Waals surface area contributed by atoms with Crippen LogP contribution in [0.2, 0.25) is 0 Å². The lowest BCUT2D eigenvalue weighted by molar-refractivity contribution is -0.127. The maximum absolute atomic E-state index is 13.7. The van der Waals surface area contributed by atoms with Gasteiger partial charge in [-0.05, 0) is 12.1 Å². The normalized spacial score (nSPS) is 28.8. The molecule has 3 heterocycles. The summed E-state index contributed by atoms with van der Waals surface area (Å²) in [6.45, 7) is -0.415. The fraction of sp³-hybridized carbons (Fsp3) is 0.300. The van der Waals surface area contributed by atoms with E-state index in [0.29, 0.717) is 0 Å². The lowest BCUT2D eigenvalue weighted by Crippen LogP contribution is -2.59. The van der Waals surface area contributed by atoms with Crippen LogP contribution in [-0.2, 0) is 16.4 Å². The van der Waals surface area contributed by atoms with Crippen LogP contribution in [0.1, 0.15) is 11.3 Å². The molecule has 2 aliphatic rings. The Labute approximate surface area is 99.8 Å². The molecule has 0 bridgehead atoms. The molecule has 0 aromatic carbocycles. The molecule has 1 saturated heterocycles. The van der Waals surface area contributed by atoms with Crippen molar-refractivity contribution in [2.75, 3.05) is 6.54 Å². The monoisotopic (exact) mass is 254 g/mol. The third-order valence-electron chi connectivity index (χ3n) is 3.07. The number of imide groups is 1. The maximum atomic E-state index is 13.7. The Hall–Kier alpha value is -2.09. The molecule has 18 heavy (non-hydrogen) atoms. The van der Waals surface area contributed by atoms with Crippen LogP contribution >= 0.6 is 0 Å². The van der Waals surface area contributed by atoms with E-state index in [0.717, 1.165) is 0 Å². The molecule has 1 spiro atoms. The van der Waals surface area contributed by atoms with Gasteiger partial charge in [0.05, 0.1) is 11.3 Å². The summed E-state index contributed by atoms with van der Waals surface area (Å²) in [6.07, 6.45) is 1.31. The van der Waals surface area contributed by atoms with Gasteiger partial charge in [-0.3, -0.25) is 20.4 Å². The predicted molar refractivity (Wildman–Crippen MR) is 54.5 cm³/mol. The van der Waals surface area contributed by atoms with Gasteiger partial charge in [0.25, 0.3) is 5.91 Å². The molecule has 6 nitrogen and oxygen atoms in total. The van der Waals surface area contributed by atoms with Gasteiger partial charge in [-0.15, -0.1) is 0 Å². The van der Waals surface area contributed by atoms with Crippen molar-refractivity contribution in [1.29, 1.82) is 0 Å². The van der Waals surface area contributed by atoms with Crippen LogP contribution in [0, 0.1) is 0 Å². The molecule has 0 radical (unpaired) electrons. The average Bonchev–Trinajstić information content (AvgIpc) is 2.61. The quantitative estimate of drug-likeness (QED) is 0.441. The topological polar surface area (TPSA) is 83.1 Å². The molecule has 2 aliphatic heterocycles. The number of alkyl halides is 2. The highest BCUT2D eigenvalue weighted by atomic mass is 19.3. The molecule has 1 unspecified atom stereocenters. The first kappa shape index (κ1) is 11.0. The molecule has 3 N–H and O–H groups in total. The summed E-state index contributed by atoms with van der Waals surface area (Å²) in [5, 5.41) is 6.34. The van der Waals surface area contributed by atoms with Crippen molar-refractivity contribution in [2.45, 2.75) is 11.6 Å². The number of amides is 3. The summed E-state index contributed by atoms with van der Waals surface area (Å²) in [7, 11) is 0. The Kier molecular flexibility index (Phi) is 1.98. The first-order chi connectivity index (χ1) is 8.46. The van der Waals surface area contributed by atoms with Crippen molar-refractivity contribution < 1.29 is 18.4 Å². The summed E-state index contributed by atoms with van der Waals surface area (Å²) in [4.78, 5) is 26.9. The van der Waals surface area contributed by atoms with Crippen LogP contribution in [0.3, 0.4) is 0 Å². The van der Waals surface area contributed by atoms with Crippen LogP contribution in [-0.4, -0.2) is 23.5 Å². The zero-order valence-corrected chi connectivity index (χ0v) is 8.96. The van der Waals surface area contributed by atoms with Gasteiger partial charge in [0.1, 0.15) is 0 Å². The molecule has 3 amide bonds. The second-order valence-corrected chi connectivity index (χ2v) is 4.14. The number of aromatic nitrogens is 1. The van der Waals surface area contributed by atoms with E-state index in [9.17, 15) is 18.4 Å². The van der Waals surface area contributed by atoms with E-state index in [4.69, 9.17) is 0 Å². The van der Waals surface area contributed by atoms with Crippen LogP contribution in [0.25, 0.3) is 0 Å². The van der Waals surface area contributed by atoms with Crippen molar-refractivity contribution in [2.24, 2.45) is 0 Å². The van der Waals surface area contributed by atoms with Crippen LogP contribution in [0.4, 0.5) is 13.6 Å². The summed E-state index contributed by atoms with van der Waals surface area (Å²) >= 11 is 0. The number of nitrogens with zero attached hydrogens (tertiary/aromatic N) is 1. The first-order valence-electron chi connectivity index (χ1n) is 5.18. The number of pyridine rings is 1. The lowest BCUT2D eigenvalue weighted by atomic mass is 9.87. The van der Waals surface area contributed by atoms with Crippen molar-refractivity contribution in [3.05, 3.63) is 29.6 Å². The third kappa shape index (κ3) is 1.26. The standard InChI is InChI=1S/C10H8F2N4O2/c11-10(12)5-2-1-3-13-6(5)9(4-14-10)7(17)15-8(18)16-9/h1-3,14H,4H2,(H2,15,16,17,18). The number of carbonyl (C=O) groups excluding carboxylic acids is 2. The molecular weight excluding hydrogens is 246 g/mol. The fourth-order valence-electron chi connectivity index (χ4n) is 2.20. The Morgan fingerprint density at radius 2 is 2.11 bits per heavy atom. The maximum Gasteiger partial charge on any atom is 0.331 e. The summed E-state index contributed by atoms with van der Waals surface area (Å²) in [6, 6.07) is -1.47. The van der Waals surface area contributed by atoms with Gasteiger partial charge in [-0.1, -0.05) is 0 Å². The molecule has 1 aromatic heterocycles. The molecule has 0 saturated carbocycles. The SMILES string of the molecule is O=C1NC(=O)C2(CNC(F)(F)c3cccnc32)N1. The number of halogens is 2. The number of hydrogen-bond acceptors (Lipinski definition) is 4. The summed E-state index contributed by atoms with van der Waals surface area (Å²) in [5.41, 5.74) is -2.10. The van der Waals surface area contributed by atoms with E-state index in [1.54, 1.807) is 0 Å². The van der Waals surface area contributed by atoms with Gasteiger partial charge in [0.15, 0.2) is 5.54 Å². The average molecular weight is 254 g/mol. The minimum Gasteiger partial charge on any atom is -0.317 e. The van der Waals surface area contributed by atoms with E-state index in [1.165, 1.54) is 18.3 Å². The van der Waals surface area contributed by atoms with E-state index in [-0.39, 0.29) is 5.69 Å². The minimum absolute atomic E-state index is 0.128. The zero-order valence-electron chi connectivity index (χ0n) is 8.96. The van der Waals surface area contributed by atoms with E-state index in [1.807, 2.05) is 10.6 Å². The highest BCUT2D eigenvalue weighted by Gasteiger charge is 2.57. The molecular formula is C10H8F2N4O2. The van der Waals surface area contributed by atoms with E-state index >= 15 is 0 Å². The number of fused-ring (bicyclic) bond motifs is 2. The van der Waals surface area contributed by atoms with Crippen molar-refractivity contribution in [3.63, 3.8) is 0 Å². The summed E-state index contributed by atoms with van der Waals surface area (Å²) < 4.78 is 27.3. The number of nitrogens with one attached hydrogen (secondary N) is 3. The third-order valence-corrected chi connectivity index (χ3v) is 3.07. The van der Waals surface area contributed by atoms with Gasteiger partial charge in [0, 0.05) is 12.7 Å². The zero-order chi connectivity index (χ0) is 13.0. The first-order valence-corrected chi connectivity index (χ1v) is 5.18. The molecule has 94 valence electrons. The Balaban J connectivity index is 2.22. The van der Waals surface area contributed by atoms with Gasteiger partial charge < -0.3 is 5.32 Å². The fourth-order valence-corrected chi connectivity index (χ4v) is 2.20. The Morgan fingerprint density at radius 1 is 1.33 bits per heavy atom. The Morgan fingerprint density at radius 3 is 2.78 bits per heavy atom. The second-order valence-electron chi connectivity index (χ2n) is 4.14. The van der Waals surface area contributed by atoms with Gasteiger partial charge in [0.2, 0.25) is 0 Å². The smallest absolute Gasteiger partial charge is 0.317 e. The van der Waals surface area contributed by atoms with Crippen molar-refractivity contribution in [1.82, 2.24) is 20.9 Å². The van der Waals surface area contributed by atoms with Crippen LogP contribution in [0.5, 0.6) is 0 Å². The van der Waals surface area contributed by atoms with Crippen molar-refractivity contribution >= 4 is 11.9 Å². The van der Waals surface area contributed by atoms with E-state index in [2.05, 4.69) is 10.3 Å². The highest BCUT2D eigenvalue weighted by molar-refractivity contribution is 6.07. The molecule has 1 aromatic rings. The predicted octanol–water partition coefficient (Wildman–Crippen LogP) is -0.231. The molecule has 1 atom stereocenters. The van der Waals surface area contributed by atoms with Gasteiger partial charge in [-0.2, -0.15) is 8.78 Å². The molecule has 8 heteroatoms. The lowest BCUT2D eigenvalue weighted by Gasteiger charge is -2.36. The van der Waals surface area contributed by atoms with Crippen LogP contribution < -0.4 is 16.0 Å². The van der Waals surface area contributed by atoms with Gasteiger partial charge >= 0.3 is 12.1 Å². The van der Waals surface area contributed by atoms with Crippen LogP contribution in [0.15, 0.2) is 18.3 Å². The van der Waals surface area contributed by atoms with Crippen molar-refractivity contribution in [3.8, 4) is 0 Å². The highest BCUT2D eigenvalue weighted by Crippen LogP contribution is 2.38. The number of urea groups is 1.